The van der Waals surface area contributed by atoms with Gasteiger partial charge in [-0.05, 0) is 37.4 Å². The first-order chi connectivity index (χ1) is 11.1. The van der Waals surface area contributed by atoms with Crippen LogP contribution in [0.25, 0.3) is 0 Å². The highest BCUT2D eigenvalue weighted by Gasteiger charge is 2.23. The summed E-state index contributed by atoms with van der Waals surface area (Å²) in [6, 6.07) is 7.77. The molecule has 2 aromatic heterocycles. The number of nitrogens with zero attached hydrogens (tertiary/aromatic N) is 2. The minimum Gasteiger partial charge on any atom is -0.372 e. The van der Waals surface area contributed by atoms with Crippen LogP contribution in [0.3, 0.4) is 0 Å². The van der Waals surface area contributed by atoms with E-state index < -0.39 is 0 Å². The van der Waals surface area contributed by atoms with Gasteiger partial charge < -0.3 is 15.0 Å². The molecule has 0 radical (unpaired) electrons. The molecule has 1 saturated heterocycles. The van der Waals surface area contributed by atoms with Crippen molar-refractivity contribution in [3.05, 3.63) is 40.7 Å². The van der Waals surface area contributed by atoms with Gasteiger partial charge in [0.1, 0.15) is 5.82 Å². The van der Waals surface area contributed by atoms with E-state index in [0.717, 1.165) is 29.5 Å². The van der Waals surface area contributed by atoms with Crippen LogP contribution in [0.1, 0.15) is 18.7 Å². The predicted molar refractivity (Wildman–Crippen MR) is 93.1 cm³/mol. The maximum absolute atomic E-state index is 12.0. The van der Waals surface area contributed by atoms with Crippen molar-refractivity contribution in [1.82, 2.24) is 4.98 Å². The number of hydrogen-bond donors (Lipinski definition) is 1. The van der Waals surface area contributed by atoms with Gasteiger partial charge in [-0.15, -0.1) is 11.3 Å². The van der Waals surface area contributed by atoms with Crippen LogP contribution >= 0.6 is 11.3 Å². The first kappa shape index (κ1) is 16.0. The van der Waals surface area contributed by atoms with Gasteiger partial charge >= 0.3 is 0 Å². The van der Waals surface area contributed by atoms with E-state index in [4.69, 9.17) is 4.74 Å². The average Bonchev–Trinajstić information content (AvgIpc) is 2.99. The van der Waals surface area contributed by atoms with Crippen molar-refractivity contribution >= 4 is 28.7 Å². The van der Waals surface area contributed by atoms with Gasteiger partial charge in [0.25, 0.3) is 0 Å². The molecular formula is C17H21N3O2S. The van der Waals surface area contributed by atoms with Crippen LogP contribution in [-0.4, -0.2) is 36.2 Å². The maximum Gasteiger partial charge on any atom is 0.229 e. The van der Waals surface area contributed by atoms with E-state index in [1.807, 2.05) is 29.6 Å². The highest BCUT2D eigenvalue weighted by atomic mass is 32.1. The van der Waals surface area contributed by atoms with E-state index in [2.05, 4.69) is 29.0 Å². The lowest BCUT2D eigenvalue weighted by molar-refractivity contribution is -0.115. The van der Waals surface area contributed by atoms with Crippen molar-refractivity contribution < 1.29 is 9.53 Å². The molecule has 1 amide bonds. The Morgan fingerprint density at radius 3 is 2.74 bits per heavy atom. The number of morpholine rings is 1. The summed E-state index contributed by atoms with van der Waals surface area (Å²) in [6.45, 7) is 5.81. The van der Waals surface area contributed by atoms with Gasteiger partial charge in [0.15, 0.2) is 0 Å². The lowest BCUT2D eigenvalue weighted by Gasteiger charge is -2.36. The first-order valence-electron chi connectivity index (χ1n) is 7.79. The Kier molecular flexibility index (Phi) is 4.93. The molecule has 0 aliphatic carbocycles. The van der Waals surface area contributed by atoms with E-state index in [0.29, 0.717) is 6.42 Å². The monoisotopic (exact) mass is 331 g/mol. The molecule has 23 heavy (non-hydrogen) atoms. The summed E-state index contributed by atoms with van der Waals surface area (Å²) >= 11 is 1.59. The topological polar surface area (TPSA) is 54.5 Å². The van der Waals surface area contributed by atoms with Crippen molar-refractivity contribution in [2.75, 3.05) is 23.3 Å². The second-order valence-corrected chi connectivity index (χ2v) is 6.90. The van der Waals surface area contributed by atoms with Crippen LogP contribution in [-0.2, 0) is 16.0 Å². The molecule has 5 nitrogen and oxygen atoms in total. The maximum atomic E-state index is 12.0. The first-order valence-corrected chi connectivity index (χ1v) is 8.67. The molecular weight excluding hydrogens is 310 g/mol. The summed E-state index contributed by atoms with van der Waals surface area (Å²) in [7, 11) is 0. The highest BCUT2D eigenvalue weighted by Crippen LogP contribution is 2.20. The van der Waals surface area contributed by atoms with Crippen LogP contribution < -0.4 is 10.2 Å². The van der Waals surface area contributed by atoms with Crippen LogP contribution in [0, 0.1) is 0 Å². The molecule has 6 heteroatoms. The molecule has 2 aromatic rings. The predicted octanol–water partition coefficient (Wildman–Crippen LogP) is 2.94. The van der Waals surface area contributed by atoms with Gasteiger partial charge in [0.2, 0.25) is 5.91 Å². The fourth-order valence-corrected chi connectivity index (χ4v) is 3.49. The van der Waals surface area contributed by atoms with Crippen molar-refractivity contribution in [3.63, 3.8) is 0 Å². The molecule has 1 aliphatic rings. The van der Waals surface area contributed by atoms with Crippen LogP contribution in [0.4, 0.5) is 11.5 Å². The van der Waals surface area contributed by atoms with Gasteiger partial charge in [-0.1, -0.05) is 6.07 Å². The van der Waals surface area contributed by atoms with Gasteiger partial charge in [0, 0.05) is 18.0 Å². The number of thiophene rings is 1. The fraction of sp³-hybridized carbons (Fsp3) is 0.412. The van der Waals surface area contributed by atoms with Crippen LogP contribution in [0.2, 0.25) is 0 Å². The number of nitrogens with one attached hydrogen (secondary N) is 1. The minimum atomic E-state index is -0.0179. The molecule has 0 aromatic carbocycles. The Bertz CT molecular complexity index is 632. The molecule has 1 N–H and O–H groups in total. The largest absolute Gasteiger partial charge is 0.372 e. The fourth-order valence-electron chi connectivity index (χ4n) is 2.79. The molecule has 1 fully saturated rings. The van der Waals surface area contributed by atoms with Crippen LogP contribution in [0.15, 0.2) is 35.8 Å². The normalized spacial score (nSPS) is 21.2. The van der Waals surface area contributed by atoms with Crippen molar-refractivity contribution in [3.8, 4) is 0 Å². The summed E-state index contributed by atoms with van der Waals surface area (Å²) in [4.78, 5) is 19.7. The van der Waals surface area contributed by atoms with E-state index in [9.17, 15) is 4.79 Å². The van der Waals surface area contributed by atoms with E-state index in [1.54, 1.807) is 17.5 Å². The zero-order valence-electron chi connectivity index (χ0n) is 13.4. The highest BCUT2D eigenvalue weighted by molar-refractivity contribution is 7.10. The third-order valence-corrected chi connectivity index (χ3v) is 4.57. The Morgan fingerprint density at radius 1 is 1.35 bits per heavy atom. The number of carbonyl (C=O) groups is 1. The van der Waals surface area contributed by atoms with E-state index in [1.165, 1.54) is 0 Å². The lowest BCUT2D eigenvalue weighted by atomic mass is 10.2. The molecule has 2 atom stereocenters. The van der Waals surface area contributed by atoms with Crippen molar-refractivity contribution in [1.29, 1.82) is 0 Å². The smallest absolute Gasteiger partial charge is 0.229 e. The van der Waals surface area contributed by atoms with E-state index >= 15 is 0 Å². The Hall–Kier alpha value is -1.92. The zero-order valence-corrected chi connectivity index (χ0v) is 14.2. The van der Waals surface area contributed by atoms with Gasteiger partial charge in [0.05, 0.1) is 30.5 Å². The van der Waals surface area contributed by atoms with Crippen molar-refractivity contribution in [2.45, 2.75) is 32.5 Å². The molecule has 0 bridgehead atoms. The van der Waals surface area contributed by atoms with Crippen molar-refractivity contribution in [2.24, 2.45) is 0 Å². The zero-order chi connectivity index (χ0) is 16.2. The number of carbonyl (C=O) groups excluding carboxylic acids is 1. The quantitative estimate of drug-likeness (QED) is 0.936. The molecule has 0 spiro atoms. The number of pyridine rings is 1. The molecule has 3 heterocycles. The standard InChI is InChI=1S/C17H21N3O2S/c1-12-10-20(11-13(2)22-12)16-6-5-14(9-18-16)19-17(21)8-15-4-3-7-23-15/h3-7,9,12-13H,8,10-11H2,1-2H3,(H,19,21)/t12-,13-/m0/s1. The van der Waals surface area contributed by atoms with Gasteiger partial charge in [-0.25, -0.2) is 4.98 Å². The second-order valence-electron chi connectivity index (χ2n) is 5.87. The number of amides is 1. The summed E-state index contributed by atoms with van der Waals surface area (Å²) < 4.78 is 5.74. The molecule has 3 rings (SSSR count). The third kappa shape index (κ3) is 4.30. The Balaban J connectivity index is 1.59. The Morgan fingerprint density at radius 2 is 2.13 bits per heavy atom. The van der Waals surface area contributed by atoms with E-state index in [-0.39, 0.29) is 18.1 Å². The van der Waals surface area contributed by atoms with Gasteiger partial charge in [-0.3, -0.25) is 4.79 Å². The third-order valence-electron chi connectivity index (χ3n) is 3.69. The molecule has 1 aliphatic heterocycles. The number of rotatable bonds is 4. The average molecular weight is 331 g/mol. The summed E-state index contributed by atoms with van der Waals surface area (Å²) in [6.07, 6.45) is 2.51. The summed E-state index contributed by atoms with van der Waals surface area (Å²) in [5.74, 6) is 0.902. The summed E-state index contributed by atoms with van der Waals surface area (Å²) in [5.41, 5.74) is 0.727. The number of anilines is 2. The summed E-state index contributed by atoms with van der Waals surface area (Å²) in [5, 5.41) is 4.87. The minimum absolute atomic E-state index is 0.0179. The molecule has 0 unspecified atom stereocenters. The number of hydrogen-bond acceptors (Lipinski definition) is 5. The number of aromatic nitrogens is 1. The Labute approximate surface area is 140 Å². The lowest BCUT2D eigenvalue weighted by Crippen LogP contribution is -2.45. The molecule has 122 valence electrons. The van der Waals surface area contributed by atoms with Gasteiger partial charge in [-0.2, -0.15) is 0 Å². The number of ether oxygens (including phenoxy) is 1. The SMILES string of the molecule is C[C@H]1CN(c2ccc(NC(=O)Cc3cccs3)cn2)C[C@H](C)O1. The molecule has 0 saturated carbocycles. The van der Waals surface area contributed by atoms with Crippen LogP contribution in [0.5, 0.6) is 0 Å². The second kappa shape index (κ2) is 7.10.